The second kappa shape index (κ2) is 8.52. The lowest BCUT2D eigenvalue weighted by molar-refractivity contribution is 0.0602. The largest absolute Gasteiger partial charge is 0.465 e. The van der Waals surface area contributed by atoms with Gasteiger partial charge in [-0.3, -0.25) is 9.78 Å². The lowest BCUT2D eigenvalue weighted by Gasteiger charge is -2.10. The van der Waals surface area contributed by atoms with Crippen molar-refractivity contribution in [1.82, 2.24) is 15.0 Å². The first kappa shape index (κ1) is 18.0. The van der Waals surface area contributed by atoms with Crippen LogP contribution in [-0.2, 0) is 11.3 Å². The fraction of sp³-hybridized carbons (Fsp3) is 0.105. The van der Waals surface area contributed by atoms with Crippen molar-refractivity contribution < 1.29 is 14.3 Å². The molecule has 0 saturated heterocycles. The highest BCUT2D eigenvalue weighted by molar-refractivity contribution is 6.07. The Morgan fingerprint density at radius 3 is 2.59 bits per heavy atom. The van der Waals surface area contributed by atoms with E-state index in [-0.39, 0.29) is 11.3 Å². The van der Waals surface area contributed by atoms with E-state index in [4.69, 9.17) is 4.74 Å². The number of carbonyl (C=O) groups excluding carboxylic acids is 2. The van der Waals surface area contributed by atoms with Crippen LogP contribution in [0.25, 0.3) is 0 Å². The number of nitrogens with one attached hydrogen (secondary N) is 2. The molecular weight excluding hydrogens is 346 g/mol. The zero-order chi connectivity index (χ0) is 19.1. The number of aromatic nitrogens is 3. The van der Waals surface area contributed by atoms with Crippen LogP contribution < -0.4 is 10.6 Å². The fourth-order valence-electron chi connectivity index (χ4n) is 2.31. The second-order valence-electron chi connectivity index (χ2n) is 5.43. The lowest BCUT2D eigenvalue weighted by Crippen LogP contribution is -2.17. The van der Waals surface area contributed by atoms with Crippen LogP contribution in [-0.4, -0.2) is 33.9 Å². The summed E-state index contributed by atoms with van der Waals surface area (Å²) in [4.78, 5) is 36.8. The lowest BCUT2D eigenvalue weighted by atomic mass is 10.1. The highest BCUT2D eigenvalue weighted by Gasteiger charge is 2.15. The zero-order valence-corrected chi connectivity index (χ0v) is 14.5. The van der Waals surface area contributed by atoms with Crippen LogP contribution in [0.3, 0.4) is 0 Å². The van der Waals surface area contributed by atoms with Crippen LogP contribution in [0.15, 0.2) is 60.9 Å². The standard InChI is InChI=1S/C19H17N5O3/c1-27-18(26)14-7-2-3-8-15(14)23-17(25)16-9-11-21-19(24-16)22-12-13-6-4-5-10-20-13/h2-11H,12H2,1H3,(H,23,25)(H,21,22,24). The molecule has 8 heteroatoms. The van der Waals surface area contributed by atoms with Gasteiger partial charge in [0, 0.05) is 12.4 Å². The van der Waals surface area contributed by atoms with E-state index >= 15 is 0 Å². The van der Waals surface area contributed by atoms with E-state index in [1.165, 1.54) is 19.4 Å². The molecule has 0 aliphatic carbocycles. The van der Waals surface area contributed by atoms with E-state index in [9.17, 15) is 9.59 Å². The van der Waals surface area contributed by atoms with Gasteiger partial charge in [0.25, 0.3) is 5.91 Å². The van der Waals surface area contributed by atoms with Crippen molar-refractivity contribution in [2.45, 2.75) is 6.54 Å². The molecule has 2 aromatic heterocycles. The molecule has 0 aliphatic heterocycles. The van der Waals surface area contributed by atoms with Gasteiger partial charge < -0.3 is 15.4 Å². The monoisotopic (exact) mass is 363 g/mol. The number of hydrogen-bond donors (Lipinski definition) is 2. The van der Waals surface area contributed by atoms with E-state index in [0.717, 1.165) is 5.69 Å². The van der Waals surface area contributed by atoms with Gasteiger partial charge in [0.1, 0.15) is 5.69 Å². The number of pyridine rings is 1. The molecule has 0 unspecified atom stereocenters. The highest BCUT2D eigenvalue weighted by Crippen LogP contribution is 2.17. The zero-order valence-electron chi connectivity index (χ0n) is 14.5. The molecule has 3 aromatic rings. The van der Waals surface area contributed by atoms with Gasteiger partial charge in [0.2, 0.25) is 5.95 Å². The van der Waals surface area contributed by atoms with Gasteiger partial charge in [-0.15, -0.1) is 0 Å². The van der Waals surface area contributed by atoms with Crippen LogP contribution in [0, 0.1) is 0 Å². The molecule has 8 nitrogen and oxygen atoms in total. The van der Waals surface area contributed by atoms with Gasteiger partial charge in [0.15, 0.2) is 0 Å². The number of ether oxygens (including phenoxy) is 1. The maximum Gasteiger partial charge on any atom is 0.339 e. The summed E-state index contributed by atoms with van der Waals surface area (Å²) < 4.78 is 4.73. The van der Waals surface area contributed by atoms with Crippen LogP contribution in [0.5, 0.6) is 0 Å². The molecule has 0 bridgehead atoms. The normalized spacial score (nSPS) is 10.1. The molecule has 27 heavy (non-hydrogen) atoms. The summed E-state index contributed by atoms with van der Waals surface area (Å²) in [6, 6.07) is 13.7. The summed E-state index contributed by atoms with van der Waals surface area (Å²) in [7, 11) is 1.28. The molecule has 0 atom stereocenters. The Labute approximate surface area is 155 Å². The van der Waals surface area contributed by atoms with Crippen molar-refractivity contribution in [3.8, 4) is 0 Å². The number of esters is 1. The van der Waals surface area contributed by atoms with Crippen LogP contribution in [0.1, 0.15) is 26.5 Å². The number of anilines is 2. The van der Waals surface area contributed by atoms with Crippen molar-refractivity contribution in [3.63, 3.8) is 0 Å². The molecule has 0 aliphatic rings. The van der Waals surface area contributed by atoms with Crippen molar-refractivity contribution in [2.75, 3.05) is 17.7 Å². The molecule has 1 amide bonds. The first-order valence-corrected chi connectivity index (χ1v) is 8.13. The topological polar surface area (TPSA) is 106 Å². The Morgan fingerprint density at radius 1 is 1.00 bits per heavy atom. The Balaban J connectivity index is 1.72. The van der Waals surface area contributed by atoms with Crippen LogP contribution in [0.2, 0.25) is 0 Å². The number of rotatable bonds is 6. The maximum atomic E-state index is 12.5. The van der Waals surface area contributed by atoms with E-state index in [1.807, 2.05) is 18.2 Å². The average molecular weight is 363 g/mol. The van der Waals surface area contributed by atoms with Gasteiger partial charge in [-0.05, 0) is 30.3 Å². The molecule has 0 saturated carbocycles. The smallest absolute Gasteiger partial charge is 0.339 e. The first-order valence-electron chi connectivity index (χ1n) is 8.13. The number of amides is 1. The summed E-state index contributed by atoms with van der Waals surface area (Å²) >= 11 is 0. The molecule has 0 spiro atoms. The Morgan fingerprint density at radius 2 is 1.81 bits per heavy atom. The average Bonchev–Trinajstić information content (AvgIpc) is 2.73. The number of carbonyl (C=O) groups is 2. The Hall–Kier alpha value is -3.81. The second-order valence-corrected chi connectivity index (χ2v) is 5.43. The minimum Gasteiger partial charge on any atom is -0.465 e. The molecule has 0 fully saturated rings. The fourth-order valence-corrected chi connectivity index (χ4v) is 2.31. The number of hydrogen-bond acceptors (Lipinski definition) is 7. The molecule has 0 radical (unpaired) electrons. The van der Waals surface area contributed by atoms with Gasteiger partial charge >= 0.3 is 5.97 Å². The van der Waals surface area contributed by atoms with Crippen molar-refractivity contribution in [2.24, 2.45) is 0 Å². The minimum absolute atomic E-state index is 0.160. The van der Waals surface area contributed by atoms with E-state index in [1.54, 1.807) is 30.5 Å². The minimum atomic E-state index is -0.536. The molecular formula is C19H17N5O3. The Kier molecular flexibility index (Phi) is 5.68. The molecule has 2 N–H and O–H groups in total. The SMILES string of the molecule is COC(=O)c1ccccc1NC(=O)c1ccnc(NCc2ccccn2)n1. The molecule has 1 aromatic carbocycles. The van der Waals surface area contributed by atoms with Crippen molar-refractivity contribution in [3.05, 3.63) is 77.9 Å². The van der Waals surface area contributed by atoms with Gasteiger partial charge in [0.05, 0.1) is 30.6 Å². The van der Waals surface area contributed by atoms with E-state index in [0.29, 0.717) is 18.2 Å². The third-order valence-corrected chi connectivity index (χ3v) is 3.62. The number of para-hydroxylation sites is 1. The summed E-state index contributed by atoms with van der Waals surface area (Å²) in [5.41, 5.74) is 1.59. The quantitative estimate of drug-likeness (QED) is 0.648. The van der Waals surface area contributed by atoms with Gasteiger partial charge in [-0.2, -0.15) is 0 Å². The van der Waals surface area contributed by atoms with Crippen molar-refractivity contribution in [1.29, 1.82) is 0 Å². The van der Waals surface area contributed by atoms with E-state index in [2.05, 4.69) is 25.6 Å². The summed E-state index contributed by atoms with van der Waals surface area (Å²) in [6.07, 6.45) is 3.18. The molecule has 136 valence electrons. The molecule has 3 rings (SSSR count). The number of methoxy groups -OCH3 is 1. The first-order chi connectivity index (χ1) is 13.2. The Bertz CT molecular complexity index is 947. The summed E-state index contributed by atoms with van der Waals surface area (Å²) in [5.74, 6) is -0.699. The maximum absolute atomic E-state index is 12.5. The number of nitrogens with zero attached hydrogens (tertiary/aromatic N) is 3. The van der Waals surface area contributed by atoms with Crippen LogP contribution >= 0.6 is 0 Å². The predicted molar refractivity (Wildman–Crippen MR) is 99.3 cm³/mol. The third kappa shape index (κ3) is 4.63. The van der Waals surface area contributed by atoms with Crippen LogP contribution in [0.4, 0.5) is 11.6 Å². The molecule has 2 heterocycles. The van der Waals surface area contributed by atoms with E-state index < -0.39 is 11.9 Å². The van der Waals surface area contributed by atoms with Gasteiger partial charge in [-0.25, -0.2) is 14.8 Å². The highest BCUT2D eigenvalue weighted by atomic mass is 16.5. The third-order valence-electron chi connectivity index (χ3n) is 3.62. The summed E-state index contributed by atoms with van der Waals surface area (Å²) in [5, 5.41) is 5.69. The summed E-state index contributed by atoms with van der Waals surface area (Å²) in [6.45, 7) is 0.428. The van der Waals surface area contributed by atoms with Crippen molar-refractivity contribution >= 4 is 23.5 Å². The predicted octanol–water partition coefficient (Wildman–Crippen LogP) is 2.52. The van der Waals surface area contributed by atoms with Gasteiger partial charge in [-0.1, -0.05) is 18.2 Å². The number of benzene rings is 1.